The van der Waals surface area contributed by atoms with Crippen LogP contribution in [0.15, 0.2) is 29.3 Å². The molecule has 1 aliphatic rings. The molecule has 0 aliphatic heterocycles. The molecule has 0 bridgehead atoms. The summed E-state index contributed by atoms with van der Waals surface area (Å²) >= 11 is 0. The van der Waals surface area contributed by atoms with Crippen molar-refractivity contribution in [2.24, 2.45) is 10.9 Å². The second-order valence-corrected chi connectivity index (χ2v) is 6.11. The van der Waals surface area contributed by atoms with Crippen molar-refractivity contribution in [3.8, 4) is 0 Å². The summed E-state index contributed by atoms with van der Waals surface area (Å²) < 4.78 is 13.8. The zero-order chi connectivity index (χ0) is 15.4. The van der Waals surface area contributed by atoms with Crippen LogP contribution >= 0.6 is 24.0 Å². The highest BCUT2D eigenvalue weighted by Gasteiger charge is 2.40. The smallest absolute Gasteiger partial charge is 0.191 e. The van der Waals surface area contributed by atoms with E-state index in [1.165, 1.54) is 6.07 Å². The third-order valence-corrected chi connectivity index (χ3v) is 4.10. The van der Waals surface area contributed by atoms with Gasteiger partial charge in [0.2, 0.25) is 0 Å². The predicted octanol–water partition coefficient (Wildman–Crippen LogP) is 3.90. The summed E-state index contributed by atoms with van der Waals surface area (Å²) in [4.78, 5) is 4.48. The zero-order valence-corrected chi connectivity index (χ0v) is 16.1. The van der Waals surface area contributed by atoms with Crippen molar-refractivity contribution < 1.29 is 4.39 Å². The number of halogens is 2. The third-order valence-electron chi connectivity index (χ3n) is 4.10. The molecule has 22 heavy (non-hydrogen) atoms. The first kappa shape index (κ1) is 19.2. The predicted molar refractivity (Wildman–Crippen MR) is 102 cm³/mol. The van der Waals surface area contributed by atoms with Crippen LogP contribution in [-0.2, 0) is 0 Å². The van der Waals surface area contributed by atoms with Crippen molar-refractivity contribution in [2.75, 3.05) is 6.54 Å². The van der Waals surface area contributed by atoms with Gasteiger partial charge in [0.25, 0.3) is 0 Å². The molecule has 0 radical (unpaired) electrons. The Hall–Kier alpha value is -0.850. The fourth-order valence-electron chi connectivity index (χ4n) is 2.32. The van der Waals surface area contributed by atoms with Crippen molar-refractivity contribution in [3.05, 3.63) is 35.6 Å². The molecule has 3 unspecified atom stereocenters. The molecule has 3 atom stereocenters. The van der Waals surface area contributed by atoms with E-state index >= 15 is 0 Å². The van der Waals surface area contributed by atoms with Crippen LogP contribution in [0.2, 0.25) is 0 Å². The Balaban J connectivity index is 0.00000242. The largest absolute Gasteiger partial charge is 0.354 e. The van der Waals surface area contributed by atoms with Crippen LogP contribution in [-0.4, -0.2) is 24.6 Å². The summed E-state index contributed by atoms with van der Waals surface area (Å²) in [5.41, 5.74) is 0.808. The summed E-state index contributed by atoms with van der Waals surface area (Å²) in [6.45, 7) is 9.27. The first-order valence-corrected chi connectivity index (χ1v) is 7.84. The Kier molecular flexibility index (Phi) is 7.59. The van der Waals surface area contributed by atoms with Gasteiger partial charge in [-0.1, -0.05) is 32.0 Å². The summed E-state index contributed by atoms with van der Waals surface area (Å²) in [6.07, 6.45) is 0.960. The van der Waals surface area contributed by atoms with E-state index < -0.39 is 0 Å². The Morgan fingerprint density at radius 1 is 1.32 bits per heavy atom. The van der Waals surface area contributed by atoms with Crippen molar-refractivity contribution in [2.45, 2.75) is 52.1 Å². The normalized spacial score (nSPS) is 22.0. The second kappa shape index (κ2) is 8.70. The minimum absolute atomic E-state index is 0. The van der Waals surface area contributed by atoms with E-state index in [9.17, 15) is 4.39 Å². The minimum atomic E-state index is -0.107. The van der Waals surface area contributed by atoms with Gasteiger partial charge >= 0.3 is 0 Å². The first-order chi connectivity index (χ1) is 10.0. The molecule has 1 saturated carbocycles. The highest BCUT2D eigenvalue weighted by atomic mass is 127. The monoisotopic (exact) mass is 419 g/mol. The van der Waals surface area contributed by atoms with E-state index in [1.54, 1.807) is 6.07 Å². The van der Waals surface area contributed by atoms with Gasteiger partial charge in [0, 0.05) is 24.5 Å². The van der Waals surface area contributed by atoms with Gasteiger partial charge in [0.05, 0.1) is 0 Å². The van der Waals surface area contributed by atoms with Crippen LogP contribution in [0.1, 0.15) is 45.6 Å². The fraction of sp³-hybridized carbons (Fsp3) is 0.588. The van der Waals surface area contributed by atoms with Gasteiger partial charge in [0.1, 0.15) is 5.82 Å². The zero-order valence-electron chi connectivity index (χ0n) is 13.8. The van der Waals surface area contributed by atoms with Gasteiger partial charge in [-0.3, -0.25) is 4.99 Å². The number of benzene rings is 1. The Bertz CT molecular complexity index is 504. The molecule has 2 rings (SSSR count). The standard InChI is InChI=1S/C17H26FN3.HI/c1-5-19-17(20-12(4)11(2)3)21-16-10-14(16)13-8-6-7-9-15(13)18;/h6-9,11-12,14,16H,5,10H2,1-4H3,(H2,19,20,21);1H. The van der Waals surface area contributed by atoms with E-state index in [4.69, 9.17) is 0 Å². The minimum Gasteiger partial charge on any atom is -0.354 e. The topological polar surface area (TPSA) is 36.4 Å². The summed E-state index contributed by atoms with van der Waals surface area (Å²) in [6, 6.07) is 7.67. The van der Waals surface area contributed by atoms with Crippen molar-refractivity contribution in [1.29, 1.82) is 0 Å². The molecule has 1 aromatic carbocycles. The number of aliphatic imine (C=N–C) groups is 1. The van der Waals surface area contributed by atoms with E-state index in [-0.39, 0.29) is 41.8 Å². The van der Waals surface area contributed by atoms with Crippen LogP contribution in [0.25, 0.3) is 0 Å². The number of hydrogen-bond donors (Lipinski definition) is 2. The maximum absolute atomic E-state index is 13.8. The molecule has 5 heteroatoms. The van der Waals surface area contributed by atoms with Crippen molar-refractivity contribution >= 4 is 29.9 Å². The molecule has 0 spiro atoms. The number of guanidine groups is 1. The summed E-state index contributed by atoms with van der Waals surface area (Å²) in [7, 11) is 0. The van der Waals surface area contributed by atoms with Gasteiger partial charge in [-0.25, -0.2) is 4.39 Å². The maximum Gasteiger partial charge on any atom is 0.191 e. The van der Waals surface area contributed by atoms with Gasteiger partial charge in [-0.15, -0.1) is 24.0 Å². The maximum atomic E-state index is 13.8. The third kappa shape index (κ3) is 5.11. The lowest BCUT2D eigenvalue weighted by Gasteiger charge is -2.21. The molecule has 1 fully saturated rings. The van der Waals surface area contributed by atoms with Crippen molar-refractivity contribution in [3.63, 3.8) is 0 Å². The Labute approximate surface area is 150 Å². The van der Waals surface area contributed by atoms with Crippen LogP contribution in [0.4, 0.5) is 4.39 Å². The van der Waals surface area contributed by atoms with Gasteiger partial charge in [0.15, 0.2) is 5.96 Å². The van der Waals surface area contributed by atoms with E-state index in [0.29, 0.717) is 12.0 Å². The highest BCUT2D eigenvalue weighted by Crippen LogP contribution is 2.41. The Morgan fingerprint density at radius 3 is 2.59 bits per heavy atom. The number of rotatable bonds is 5. The lowest BCUT2D eigenvalue weighted by Crippen LogP contribution is -2.45. The molecular formula is C17H27FIN3. The molecule has 0 aromatic heterocycles. The van der Waals surface area contributed by atoms with E-state index in [2.05, 4.69) is 36.4 Å². The van der Waals surface area contributed by atoms with Crippen LogP contribution in [0, 0.1) is 11.7 Å². The Morgan fingerprint density at radius 2 is 2.00 bits per heavy atom. The highest BCUT2D eigenvalue weighted by molar-refractivity contribution is 14.0. The molecular weight excluding hydrogens is 392 g/mol. The fourth-order valence-corrected chi connectivity index (χ4v) is 2.32. The summed E-state index contributed by atoms with van der Waals surface area (Å²) in [5, 5.41) is 6.85. The van der Waals surface area contributed by atoms with Crippen LogP contribution < -0.4 is 10.6 Å². The van der Waals surface area contributed by atoms with Crippen molar-refractivity contribution in [1.82, 2.24) is 10.6 Å². The SMILES string of the molecule is CCN=C(NC(C)C(C)C)NC1CC1c1ccccc1F.I. The molecule has 0 saturated heterocycles. The lowest BCUT2D eigenvalue weighted by molar-refractivity contribution is 0.480. The second-order valence-electron chi connectivity index (χ2n) is 6.11. The number of hydrogen-bond acceptors (Lipinski definition) is 1. The molecule has 0 amide bonds. The first-order valence-electron chi connectivity index (χ1n) is 7.84. The van der Waals surface area contributed by atoms with Crippen LogP contribution in [0.3, 0.4) is 0 Å². The quantitative estimate of drug-likeness (QED) is 0.432. The van der Waals surface area contributed by atoms with Gasteiger partial charge in [-0.2, -0.15) is 0 Å². The van der Waals surface area contributed by atoms with E-state index in [1.807, 2.05) is 19.1 Å². The average Bonchev–Trinajstić information content (AvgIpc) is 3.18. The van der Waals surface area contributed by atoms with Gasteiger partial charge < -0.3 is 10.6 Å². The van der Waals surface area contributed by atoms with E-state index in [0.717, 1.165) is 24.5 Å². The molecule has 0 heterocycles. The number of nitrogens with zero attached hydrogens (tertiary/aromatic N) is 1. The summed E-state index contributed by atoms with van der Waals surface area (Å²) in [5.74, 6) is 1.52. The molecule has 124 valence electrons. The van der Waals surface area contributed by atoms with Gasteiger partial charge in [-0.05, 0) is 37.8 Å². The molecule has 2 N–H and O–H groups in total. The molecule has 1 aliphatic carbocycles. The molecule has 1 aromatic rings. The number of nitrogens with one attached hydrogen (secondary N) is 2. The lowest BCUT2D eigenvalue weighted by atomic mass is 10.1. The average molecular weight is 419 g/mol. The van der Waals surface area contributed by atoms with Crippen LogP contribution in [0.5, 0.6) is 0 Å². The molecule has 3 nitrogen and oxygen atoms in total.